The Labute approximate surface area is 161 Å². The SMILES string of the molecule is O=c1n(-c2ccccc2)c(=O)n2n1[C@H]1C[C@H]2[C@@]2([N+](=O)[O-])[C@H]3C=C[C@@H](C3)[C@]12[N+](=O)[O-]. The molecule has 6 rings (SSSR count). The summed E-state index contributed by atoms with van der Waals surface area (Å²) in [7, 11) is 0. The molecule has 2 heterocycles. The van der Waals surface area contributed by atoms with Crippen LogP contribution in [0.3, 0.4) is 0 Å². The van der Waals surface area contributed by atoms with Crippen molar-refractivity contribution in [2.45, 2.75) is 36.0 Å². The fourth-order valence-corrected chi connectivity index (χ4v) is 6.76. The van der Waals surface area contributed by atoms with E-state index in [1.54, 1.807) is 42.5 Å². The molecule has 11 heteroatoms. The van der Waals surface area contributed by atoms with Crippen LogP contribution in [0.4, 0.5) is 0 Å². The lowest BCUT2D eigenvalue weighted by Gasteiger charge is -2.40. The molecule has 0 radical (unpaired) electrons. The average Bonchev–Trinajstić information content (AvgIpc) is 3.46. The molecule has 0 unspecified atom stereocenters. The first-order chi connectivity index (χ1) is 13.9. The summed E-state index contributed by atoms with van der Waals surface area (Å²) in [6, 6.07) is 6.14. The summed E-state index contributed by atoms with van der Waals surface area (Å²) in [6.45, 7) is 0. The lowest BCUT2D eigenvalue weighted by molar-refractivity contribution is -0.693. The van der Waals surface area contributed by atoms with Crippen molar-refractivity contribution < 1.29 is 9.85 Å². The van der Waals surface area contributed by atoms with Gasteiger partial charge in [-0.15, -0.1) is 0 Å². The molecule has 4 aliphatic rings. The summed E-state index contributed by atoms with van der Waals surface area (Å²) in [5, 5.41) is 24.9. The van der Waals surface area contributed by atoms with E-state index in [2.05, 4.69) is 0 Å². The Morgan fingerprint density at radius 2 is 1.31 bits per heavy atom. The Kier molecular flexibility index (Phi) is 2.68. The second-order valence-corrected chi connectivity index (χ2v) is 8.19. The number of fused-ring (bicyclic) bond motifs is 12. The highest BCUT2D eigenvalue weighted by atomic mass is 16.7. The maximum atomic E-state index is 13.2. The van der Waals surface area contributed by atoms with Gasteiger partial charge in [0.05, 0.1) is 17.5 Å². The Hall–Kier alpha value is -3.50. The number of hydrogen-bond acceptors (Lipinski definition) is 6. The summed E-state index contributed by atoms with van der Waals surface area (Å²) < 4.78 is 3.16. The number of hydrogen-bond donors (Lipinski definition) is 0. The van der Waals surface area contributed by atoms with Crippen molar-refractivity contribution in [1.29, 1.82) is 0 Å². The maximum absolute atomic E-state index is 13.2. The lowest BCUT2D eigenvalue weighted by Crippen LogP contribution is -2.70. The monoisotopic (exact) mass is 397 g/mol. The van der Waals surface area contributed by atoms with Crippen molar-refractivity contribution in [1.82, 2.24) is 13.9 Å². The van der Waals surface area contributed by atoms with Crippen LogP contribution < -0.4 is 11.4 Å². The van der Waals surface area contributed by atoms with Gasteiger partial charge in [-0.05, 0) is 18.6 Å². The van der Waals surface area contributed by atoms with Crippen LogP contribution in [0, 0.1) is 32.1 Å². The van der Waals surface area contributed by atoms with Crippen LogP contribution >= 0.6 is 0 Å². The van der Waals surface area contributed by atoms with Gasteiger partial charge in [0, 0.05) is 16.3 Å². The molecule has 0 N–H and O–H groups in total. The van der Waals surface area contributed by atoms with Crippen LogP contribution in [-0.2, 0) is 0 Å². The number of rotatable bonds is 3. The van der Waals surface area contributed by atoms with E-state index >= 15 is 0 Å². The maximum Gasteiger partial charge on any atom is 0.352 e. The van der Waals surface area contributed by atoms with Crippen molar-refractivity contribution in [3.8, 4) is 5.69 Å². The number of nitro groups is 2. The highest BCUT2D eigenvalue weighted by Crippen LogP contribution is 2.71. The molecule has 1 aromatic heterocycles. The molecule has 3 aliphatic carbocycles. The predicted molar refractivity (Wildman–Crippen MR) is 97.2 cm³/mol. The van der Waals surface area contributed by atoms with Crippen LogP contribution in [0.5, 0.6) is 0 Å². The summed E-state index contributed by atoms with van der Waals surface area (Å²) in [5.74, 6) is -1.28. The van der Waals surface area contributed by atoms with E-state index in [1.165, 1.54) is 0 Å². The van der Waals surface area contributed by atoms with Gasteiger partial charge in [0.1, 0.15) is 12.1 Å². The number of para-hydroxylation sites is 1. The first-order valence-electron chi connectivity index (χ1n) is 9.37. The molecule has 2 aromatic rings. The van der Waals surface area contributed by atoms with Crippen molar-refractivity contribution in [2.75, 3.05) is 0 Å². The molecule has 29 heavy (non-hydrogen) atoms. The van der Waals surface area contributed by atoms with Crippen LogP contribution in [0.15, 0.2) is 52.1 Å². The zero-order chi connectivity index (χ0) is 20.3. The quantitative estimate of drug-likeness (QED) is 0.321. The van der Waals surface area contributed by atoms with E-state index in [-0.39, 0.29) is 6.42 Å². The fraction of sp³-hybridized carbons (Fsp3) is 0.444. The predicted octanol–water partition coefficient (Wildman–Crippen LogP) is 0.537. The topological polar surface area (TPSA) is 135 Å². The van der Waals surface area contributed by atoms with E-state index in [9.17, 15) is 29.8 Å². The molecule has 6 atom stereocenters. The minimum Gasteiger partial charge on any atom is -0.264 e. The standard InChI is InChI=1S/C18H15N5O6/c24-15-19(12-4-2-1-3-5-12)16(25)21-14-9-13(20(15)21)17(22(26)27)10-6-7-11(8-10)18(14,17)23(28)29/h1-7,10-11,13-14H,8-9H2/t10-,11-,13-,14-,17-,18-/m0/s1. The first kappa shape index (κ1) is 16.5. The molecule has 4 bridgehead atoms. The molecular formula is C18H15N5O6. The summed E-state index contributed by atoms with van der Waals surface area (Å²) in [4.78, 5) is 50.2. The molecule has 1 aliphatic heterocycles. The van der Waals surface area contributed by atoms with Gasteiger partial charge in [-0.2, -0.15) is 0 Å². The Balaban J connectivity index is 1.71. The van der Waals surface area contributed by atoms with E-state index in [0.29, 0.717) is 12.1 Å². The first-order valence-corrected chi connectivity index (χ1v) is 9.37. The summed E-state index contributed by atoms with van der Waals surface area (Å²) >= 11 is 0. The van der Waals surface area contributed by atoms with E-state index in [4.69, 9.17) is 0 Å². The Bertz CT molecular complexity index is 1180. The van der Waals surface area contributed by atoms with Crippen molar-refractivity contribution in [3.05, 3.63) is 83.7 Å². The van der Waals surface area contributed by atoms with Gasteiger partial charge in [0.15, 0.2) is 0 Å². The normalized spacial score (nSPS) is 37.7. The second kappa shape index (κ2) is 4.73. The molecule has 1 aromatic carbocycles. The van der Waals surface area contributed by atoms with Crippen LogP contribution in [0.2, 0.25) is 0 Å². The smallest absolute Gasteiger partial charge is 0.264 e. The molecule has 148 valence electrons. The Morgan fingerprint density at radius 3 is 1.76 bits per heavy atom. The van der Waals surface area contributed by atoms with Gasteiger partial charge in [-0.1, -0.05) is 30.4 Å². The molecule has 2 fully saturated rings. The van der Waals surface area contributed by atoms with Crippen molar-refractivity contribution in [2.24, 2.45) is 11.8 Å². The number of benzene rings is 1. The number of aromatic nitrogens is 3. The largest absolute Gasteiger partial charge is 0.352 e. The zero-order valence-electron chi connectivity index (χ0n) is 15.0. The van der Waals surface area contributed by atoms with Crippen LogP contribution in [0.25, 0.3) is 5.69 Å². The van der Waals surface area contributed by atoms with Gasteiger partial charge >= 0.3 is 22.5 Å². The van der Waals surface area contributed by atoms with Gasteiger partial charge in [-0.25, -0.2) is 23.5 Å². The number of nitrogens with zero attached hydrogens (tertiary/aromatic N) is 5. The second-order valence-electron chi connectivity index (χ2n) is 8.19. The average molecular weight is 397 g/mol. The molecular weight excluding hydrogens is 382 g/mol. The molecule has 0 saturated heterocycles. The highest BCUT2D eigenvalue weighted by molar-refractivity contribution is 5.38. The summed E-state index contributed by atoms with van der Waals surface area (Å²) in [5.41, 5.74) is -4.93. The minimum atomic E-state index is -1.93. The lowest BCUT2D eigenvalue weighted by atomic mass is 9.69. The van der Waals surface area contributed by atoms with Gasteiger partial charge < -0.3 is 0 Å². The van der Waals surface area contributed by atoms with Crippen molar-refractivity contribution in [3.63, 3.8) is 0 Å². The minimum absolute atomic E-state index is 0.0384. The third kappa shape index (κ3) is 1.39. The third-order valence-corrected chi connectivity index (χ3v) is 7.53. The van der Waals surface area contributed by atoms with E-state index < -0.39 is 56.2 Å². The van der Waals surface area contributed by atoms with Crippen molar-refractivity contribution >= 4 is 0 Å². The van der Waals surface area contributed by atoms with Crippen LogP contribution in [0.1, 0.15) is 24.9 Å². The van der Waals surface area contributed by atoms with Gasteiger partial charge in [-0.3, -0.25) is 20.2 Å². The highest BCUT2D eigenvalue weighted by Gasteiger charge is 2.94. The van der Waals surface area contributed by atoms with E-state index in [0.717, 1.165) is 13.9 Å². The zero-order valence-corrected chi connectivity index (χ0v) is 15.0. The molecule has 2 saturated carbocycles. The van der Waals surface area contributed by atoms with E-state index in [1.807, 2.05) is 0 Å². The van der Waals surface area contributed by atoms with Gasteiger partial charge in [0.25, 0.3) is 0 Å². The van der Waals surface area contributed by atoms with Crippen LogP contribution in [-0.4, -0.2) is 34.9 Å². The molecule has 11 nitrogen and oxygen atoms in total. The fourth-order valence-electron chi connectivity index (χ4n) is 6.76. The molecule has 0 amide bonds. The Morgan fingerprint density at radius 1 is 0.828 bits per heavy atom. The van der Waals surface area contributed by atoms with Gasteiger partial charge in [0.2, 0.25) is 0 Å². The third-order valence-electron chi connectivity index (χ3n) is 7.53. The summed E-state index contributed by atoms with van der Waals surface area (Å²) in [6.07, 6.45) is 3.69. The molecule has 0 spiro atoms.